The van der Waals surface area contributed by atoms with Crippen LogP contribution in [0.15, 0.2) is 11.6 Å². The first kappa shape index (κ1) is 22.0. The van der Waals surface area contributed by atoms with E-state index in [0.29, 0.717) is 11.0 Å². The van der Waals surface area contributed by atoms with E-state index in [0.717, 1.165) is 12.5 Å². The molecule has 2 nitrogen and oxygen atoms in total. The third kappa shape index (κ3) is 4.07. The summed E-state index contributed by atoms with van der Waals surface area (Å²) >= 11 is 0. The number of hydrogen-bond donors (Lipinski definition) is 0. The summed E-state index contributed by atoms with van der Waals surface area (Å²) in [5.41, 5.74) is 2.84. The molecule has 1 atom stereocenters. The van der Waals surface area contributed by atoms with E-state index in [1.54, 1.807) is 5.57 Å². The van der Waals surface area contributed by atoms with Crippen molar-refractivity contribution in [2.24, 2.45) is 16.7 Å². The summed E-state index contributed by atoms with van der Waals surface area (Å²) in [7, 11) is 0. The predicted molar refractivity (Wildman–Crippen MR) is 116 cm³/mol. The van der Waals surface area contributed by atoms with Gasteiger partial charge in [-0.2, -0.15) is 0 Å². The molecule has 0 N–H and O–H groups in total. The molecule has 0 aromatic rings. The quantitative estimate of drug-likeness (QED) is 0.536. The van der Waals surface area contributed by atoms with Crippen molar-refractivity contribution in [3.63, 3.8) is 0 Å². The van der Waals surface area contributed by atoms with E-state index in [9.17, 15) is 0 Å². The highest BCUT2D eigenvalue weighted by Crippen LogP contribution is 2.48. The molecule has 0 amide bonds. The molecule has 0 aliphatic carbocycles. The number of rotatable bonds is 6. The molecule has 2 heterocycles. The summed E-state index contributed by atoms with van der Waals surface area (Å²) in [5.74, 6) is 0.796. The molecular formula is C24H46N2. The van der Waals surface area contributed by atoms with Crippen LogP contribution in [-0.4, -0.2) is 47.1 Å². The summed E-state index contributed by atoms with van der Waals surface area (Å²) in [6.45, 7) is 29.0. The van der Waals surface area contributed by atoms with Gasteiger partial charge in [0.05, 0.1) is 0 Å². The van der Waals surface area contributed by atoms with E-state index in [2.05, 4.69) is 85.1 Å². The van der Waals surface area contributed by atoms with Gasteiger partial charge in [-0.3, -0.25) is 9.80 Å². The van der Waals surface area contributed by atoms with Gasteiger partial charge in [0.1, 0.15) is 0 Å². The van der Waals surface area contributed by atoms with Crippen molar-refractivity contribution in [1.29, 1.82) is 0 Å². The minimum Gasteiger partial charge on any atom is -0.298 e. The van der Waals surface area contributed by atoms with Gasteiger partial charge in [-0.05, 0) is 88.9 Å². The molecule has 1 fully saturated rings. The van der Waals surface area contributed by atoms with Gasteiger partial charge >= 0.3 is 0 Å². The number of hydrogen-bond acceptors (Lipinski definition) is 2. The second kappa shape index (κ2) is 7.24. The Kier molecular flexibility index (Phi) is 6.12. The van der Waals surface area contributed by atoms with Crippen LogP contribution in [-0.2, 0) is 0 Å². The first-order valence-electron chi connectivity index (χ1n) is 11.0. The van der Waals surface area contributed by atoms with Crippen LogP contribution in [0.25, 0.3) is 0 Å². The van der Waals surface area contributed by atoms with Gasteiger partial charge in [-0.25, -0.2) is 0 Å². The number of likely N-dealkylation sites (tertiary alicyclic amines) is 1. The van der Waals surface area contributed by atoms with Crippen molar-refractivity contribution >= 4 is 0 Å². The fourth-order valence-corrected chi connectivity index (χ4v) is 6.40. The Morgan fingerprint density at radius 1 is 1.04 bits per heavy atom. The zero-order valence-corrected chi connectivity index (χ0v) is 19.5. The summed E-state index contributed by atoms with van der Waals surface area (Å²) in [6, 6.07) is 0. The maximum atomic E-state index is 2.70. The smallest absolute Gasteiger partial charge is 0.0373 e. The lowest BCUT2D eigenvalue weighted by atomic mass is 9.67. The molecule has 2 heteroatoms. The lowest BCUT2D eigenvalue weighted by molar-refractivity contribution is 0.0622. The highest BCUT2D eigenvalue weighted by molar-refractivity contribution is 5.29. The number of nitrogens with zero attached hydrogens (tertiary/aromatic N) is 2. The van der Waals surface area contributed by atoms with Crippen molar-refractivity contribution in [2.75, 3.05) is 26.2 Å². The SMILES string of the molecule is CCN1CCC(C(C)(C)CCCN2CC=C(C(C)(C)C)C2(C)C)C1(C)C. The molecule has 2 aliphatic heterocycles. The van der Waals surface area contributed by atoms with E-state index < -0.39 is 0 Å². The molecule has 0 aromatic carbocycles. The highest BCUT2D eigenvalue weighted by Gasteiger charge is 2.47. The molecule has 26 heavy (non-hydrogen) atoms. The normalized spacial score (nSPS) is 27.2. The molecule has 0 aromatic heterocycles. The zero-order valence-electron chi connectivity index (χ0n) is 19.5. The second-order valence-electron chi connectivity index (χ2n) is 11.5. The van der Waals surface area contributed by atoms with Crippen molar-refractivity contribution in [3.8, 4) is 0 Å². The van der Waals surface area contributed by atoms with Crippen molar-refractivity contribution in [3.05, 3.63) is 11.6 Å². The summed E-state index contributed by atoms with van der Waals surface area (Å²) in [6.07, 6.45) is 6.49. The molecule has 0 saturated carbocycles. The van der Waals surface area contributed by atoms with Crippen LogP contribution < -0.4 is 0 Å². The van der Waals surface area contributed by atoms with E-state index >= 15 is 0 Å². The van der Waals surface area contributed by atoms with Crippen LogP contribution in [0.4, 0.5) is 0 Å². The van der Waals surface area contributed by atoms with E-state index in [1.807, 2.05) is 0 Å². The lowest BCUT2D eigenvalue weighted by Crippen LogP contribution is -2.47. The Morgan fingerprint density at radius 2 is 1.65 bits per heavy atom. The fourth-order valence-electron chi connectivity index (χ4n) is 6.40. The van der Waals surface area contributed by atoms with Gasteiger partial charge in [0.2, 0.25) is 0 Å². The van der Waals surface area contributed by atoms with Crippen molar-refractivity contribution in [2.45, 2.75) is 99.6 Å². The van der Waals surface area contributed by atoms with Gasteiger partial charge < -0.3 is 0 Å². The summed E-state index contributed by atoms with van der Waals surface area (Å²) in [4.78, 5) is 5.38. The van der Waals surface area contributed by atoms with Gasteiger partial charge in [0, 0.05) is 17.6 Å². The maximum absolute atomic E-state index is 2.70. The monoisotopic (exact) mass is 362 g/mol. The minimum atomic E-state index is 0.202. The molecule has 1 unspecified atom stereocenters. The molecule has 152 valence electrons. The fraction of sp³-hybridized carbons (Fsp3) is 0.917. The standard InChI is InChI=1S/C24H46N2/c1-11-25-17-14-20(24(25,9)10)22(5,6)15-12-16-26-18-13-19(21(2,3)4)23(26,7)8/h13,20H,11-12,14-18H2,1-10H3. The Bertz CT molecular complexity index is 519. The van der Waals surface area contributed by atoms with E-state index in [4.69, 9.17) is 0 Å². The first-order chi connectivity index (χ1) is 11.7. The van der Waals surface area contributed by atoms with Crippen LogP contribution in [0.5, 0.6) is 0 Å². The third-order valence-electron chi connectivity index (χ3n) is 7.70. The van der Waals surface area contributed by atoms with E-state index in [-0.39, 0.29) is 11.0 Å². The topological polar surface area (TPSA) is 6.48 Å². The average Bonchev–Trinajstić information content (AvgIpc) is 2.94. The second-order valence-corrected chi connectivity index (χ2v) is 11.5. The van der Waals surface area contributed by atoms with Crippen LogP contribution in [0.2, 0.25) is 0 Å². The molecule has 0 bridgehead atoms. The predicted octanol–water partition coefficient (Wildman–Crippen LogP) is 5.98. The average molecular weight is 363 g/mol. The molecule has 0 radical (unpaired) electrons. The van der Waals surface area contributed by atoms with Crippen LogP contribution >= 0.6 is 0 Å². The van der Waals surface area contributed by atoms with Crippen molar-refractivity contribution < 1.29 is 0 Å². The van der Waals surface area contributed by atoms with Gasteiger partial charge in [0.25, 0.3) is 0 Å². The summed E-state index contributed by atoms with van der Waals surface area (Å²) < 4.78 is 0. The Morgan fingerprint density at radius 3 is 2.12 bits per heavy atom. The first-order valence-corrected chi connectivity index (χ1v) is 11.0. The Hall–Kier alpha value is -0.340. The van der Waals surface area contributed by atoms with Crippen LogP contribution in [0.1, 0.15) is 88.5 Å². The van der Waals surface area contributed by atoms with Gasteiger partial charge in [-0.1, -0.05) is 47.6 Å². The Labute approximate surface area is 164 Å². The minimum absolute atomic E-state index is 0.202. The molecule has 1 saturated heterocycles. The summed E-state index contributed by atoms with van der Waals surface area (Å²) in [5, 5.41) is 0. The highest BCUT2D eigenvalue weighted by atomic mass is 15.2. The molecular weight excluding hydrogens is 316 g/mol. The molecule has 2 rings (SSSR count). The van der Waals surface area contributed by atoms with Gasteiger partial charge in [0.15, 0.2) is 0 Å². The van der Waals surface area contributed by atoms with Crippen molar-refractivity contribution in [1.82, 2.24) is 9.80 Å². The molecule has 2 aliphatic rings. The van der Waals surface area contributed by atoms with Gasteiger partial charge in [-0.15, -0.1) is 0 Å². The lowest BCUT2D eigenvalue weighted by Gasteiger charge is -2.44. The largest absolute Gasteiger partial charge is 0.298 e. The third-order valence-corrected chi connectivity index (χ3v) is 7.70. The van der Waals surface area contributed by atoms with E-state index in [1.165, 1.54) is 38.9 Å². The Balaban J connectivity index is 1.94. The maximum Gasteiger partial charge on any atom is 0.0373 e. The van der Waals surface area contributed by atoms with Crippen LogP contribution in [0, 0.1) is 16.7 Å². The molecule has 0 spiro atoms. The zero-order chi connectivity index (χ0) is 20.0. The van der Waals surface area contributed by atoms with Crippen LogP contribution in [0.3, 0.4) is 0 Å².